The van der Waals surface area contributed by atoms with Gasteiger partial charge in [0, 0.05) is 24.0 Å². The number of fused-ring (bicyclic) bond motifs is 1. The summed E-state index contributed by atoms with van der Waals surface area (Å²) in [5.74, 6) is 6.22. The van der Waals surface area contributed by atoms with Crippen LogP contribution in [0.3, 0.4) is 0 Å². The van der Waals surface area contributed by atoms with Crippen molar-refractivity contribution in [3.63, 3.8) is 0 Å². The van der Waals surface area contributed by atoms with E-state index >= 15 is 0 Å². The van der Waals surface area contributed by atoms with Crippen molar-refractivity contribution in [1.82, 2.24) is 15.2 Å². The van der Waals surface area contributed by atoms with Crippen LogP contribution in [0.25, 0.3) is 0 Å². The van der Waals surface area contributed by atoms with Crippen LogP contribution in [0.4, 0.5) is 0 Å². The Morgan fingerprint density at radius 3 is 3.17 bits per heavy atom. The lowest BCUT2D eigenvalue weighted by atomic mass is 9.81. The molecule has 0 aromatic carbocycles. The van der Waals surface area contributed by atoms with Crippen molar-refractivity contribution in [2.24, 2.45) is 12.9 Å². The molecule has 0 bridgehead atoms. The number of rotatable bonds is 3. The lowest BCUT2D eigenvalue weighted by molar-refractivity contribution is 0.401. The first-order chi connectivity index (χ1) is 8.79. The van der Waals surface area contributed by atoms with Gasteiger partial charge in [0.25, 0.3) is 0 Å². The minimum atomic E-state index is 0.111. The number of nitrogens with zero attached hydrogens (tertiary/aromatic N) is 2. The normalized spacial score (nSPS) is 20.7. The zero-order valence-electron chi connectivity index (χ0n) is 10.5. The Bertz CT molecular complexity index is 531. The summed E-state index contributed by atoms with van der Waals surface area (Å²) in [6, 6.07) is 4.40. The van der Waals surface area contributed by atoms with E-state index < -0.39 is 0 Å². The molecule has 96 valence electrons. The Balaban J connectivity index is 1.94. The zero-order chi connectivity index (χ0) is 12.5. The Morgan fingerprint density at radius 1 is 1.56 bits per heavy atom. The summed E-state index contributed by atoms with van der Waals surface area (Å²) in [5, 5.41) is 6.68. The monoisotopic (exact) mass is 262 g/mol. The number of thiophene rings is 1. The third kappa shape index (κ3) is 1.98. The van der Waals surface area contributed by atoms with Gasteiger partial charge in [-0.25, -0.2) is 0 Å². The minimum Gasteiger partial charge on any atom is -0.275 e. The van der Waals surface area contributed by atoms with Gasteiger partial charge in [-0.1, -0.05) is 0 Å². The van der Waals surface area contributed by atoms with Crippen molar-refractivity contribution in [1.29, 1.82) is 0 Å². The van der Waals surface area contributed by atoms with Crippen LogP contribution < -0.4 is 11.3 Å². The summed E-state index contributed by atoms with van der Waals surface area (Å²) in [7, 11) is 1.94. The van der Waals surface area contributed by atoms with Crippen LogP contribution in [-0.4, -0.2) is 9.78 Å². The van der Waals surface area contributed by atoms with Gasteiger partial charge in [-0.2, -0.15) is 5.10 Å². The average molecular weight is 262 g/mol. The number of hydrazine groups is 1. The standard InChI is InChI=1S/C13H18N4S/c1-17-7-5-11(16-17)13(15-14)10-3-2-4-12-9(10)6-8-18-12/h5-8,10,13,15H,2-4,14H2,1H3. The molecule has 3 N–H and O–H groups in total. The van der Waals surface area contributed by atoms with E-state index in [4.69, 9.17) is 5.84 Å². The molecule has 3 rings (SSSR count). The third-order valence-electron chi connectivity index (χ3n) is 3.73. The van der Waals surface area contributed by atoms with E-state index in [1.807, 2.05) is 35.3 Å². The molecule has 1 aliphatic rings. The smallest absolute Gasteiger partial charge is 0.0813 e. The minimum absolute atomic E-state index is 0.111. The maximum atomic E-state index is 5.77. The number of aryl methyl sites for hydroxylation is 2. The van der Waals surface area contributed by atoms with Gasteiger partial charge >= 0.3 is 0 Å². The Labute approximate surface area is 111 Å². The third-order valence-corrected chi connectivity index (χ3v) is 4.73. The average Bonchev–Trinajstić information content (AvgIpc) is 2.99. The number of hydrogen-bond donors (Lipinski definition) is 2. The first-order valence-electron chi connectivity index (χ1n) is 6.31. The predicted octanol–water partition coefficient (Wildman–Crippen LogP) is 2.11. The molecule has 0 amide bonds. The van der Waals surface area contributed by atoms with E-state index in [2.05, 4.69) is 22.0 Å². The molecule has 1 aliphatic carbocycles. The van der Waals surface area contributed by atoms with E-state index in [1.54, 1.807) is 0 Å². The summed E-state index contributed by atoms with van der Waals surface area (Å²) in [4.78, 5) is 1.52. The summed E-state index contributed by atoms with van der Waals surface area (Å²) >= 11 is 1.86. The largest absolute Gasteiger partial charge is 0.275 e. The van der Waals surface area contributed by atoms with E-state index in [9.17, 15) is 0 Å². The first-order valence-corrected chi connectivity index (χ1v) is 7.19. The topological polar surface area (TPSA) is 55.9 Å². The second kappa shape index (κ2) is 4.84. The van der Waals surface area contributed by atoms with Crippen LogP contribution in [0, 0.1) is 0 Å². The van der Waals surface area contributed by atoms with Gasteiger partial charge in [-0.15, -0.1) is 11.3 Å². The molecular weight excluding hydrogens is 244 g/mol. The molecule has 2 atom stereocenters. The fraction of sp³-hybridized carbons (Fsp3) is 0.462. The molecule has 2 aromatic heterocycles. The Morgan fingerprint density at radius 2 is 2.44 bits per heavy atom. The van der Waals surface area contributed by atoms with Crippen molar-refractivity contribution in [3.05, 3.63) is 39.8 Å². The van der Waals surface area contributed by atoms with E-state index in [0.717, 1.165) is 5.69 Å². The van der Waals surface area contributed by atoms with Crippen molar-refractivity contribution in [2.75, 3.05) is 0 Å². The summed E-state index contributed by atoms with van der Waals surface area (Å²) in [5.41, 5.74) is 5.45. The molecule has 0 saturated carbocycles. The molecule has 0 saturated heterocycles. The van der Waals surface area contributed by atoms with E-state index in [-0.39, 0.29) is 6.04 Å². The SMILES string of the molecule is Cn1ccc(C(NN)C2CCCc3sccc32)n1. The molecule has 18 heavy (non-hydrogen) atoms. The number of aromatic nitrogens is 2. The van der Waals surface area contributed by atoms with Crippen molar-refractivity contribution in [3.8, 4) is 0 Å². The highest BCUT2D eigenvalue weighted by Gasteiger charge is 2.30. The van der Waals surface area contributed by atoms with Gasteiger partial charge in [0.15, 0.2) is 0 Å². The fourth-order valence-electron chi connectivity index (χ4n) is 2.87. The predicted molar refractivity (Wildman–Crippen MR) is 73.3 cm³/mol. The lowest BCUT2D eigenvalue weighted by Gasteiger charge is -2.29. The van der Waals surface area contributed by atoms with Crippen molar-refractivity contribution >= 4 is 11.3 Å². The van der Waals surface area contributed by atoms with Gasteiger partial charge in [0.2, 0.25) is 0 Å². The molecule has 0 radical (unpaired) electrons. The highest BCUT2D eigenvalue weighted by atomic mass is 32.1. The van der Waals surface area contributed by atoms with E-state index in [1.165, 1.54) is 29.7 Å². The quantitative estimate of drug-likeness (QED) is 0.658. The van der Waals surface area contributed by atoms with Gasteiger partial charge in [-0.05, 0) is 42.3 Å². The molecule has 2 heterocycles. The van der Waals surface area contributed by atoms with Gasteiger partial charge in [0.1, 0.15) is 0 Å². The number of nitrogens with one attached hydrogen (secondary N) is 1. The number of nitrogens with two attached hydrogens (primary N) is 1. The van der Waals surface area contributed by atoms with Crippen LogP contribution in [0.2, 0.25) is 0 Å². The van der Waals surface area contributed by atoms with E-state index in [0.29, 0.717) is 5.92 Å². The highest BCUT2D eigenvalue weighted by Crippen LogP contribution is 2.41. The summed E-state index contributed by atoms with van der Waals surface area (Å²) < 4.78 is 1.83. The fourth-order valence-corrected chi connectivity index (χ4v) is 3.87. The molecule has 0 aliphatic heterocycles. The lowest BCUT2D eigenvalue weighted by Crippen LogP contribution is -2.34. The molecule has 2 aromatic rings. The molecule has 0 fully saturated rings. The molecule has 4 nitrogen and oxygen atoms in total. The second-order valence-electron chi connectivity index (χ2n) is 4.86. The van der Waals surface area contributed by atoms with Crippen LogP contribution >= 0.6 is 11.3 Å². The molecule has 5 heteroatoms. The van der Waals surface area contributed by atoms with Gasteiger partial charge in [0.05, 0.1) is 11.7 Å². The van der Waals surface area contributed by atoms with Crippen LogP contribution in [0.1, 0.15) is 40.9 Å². The zero-order valence-corrected chi connectivity index (χ0v) is 11.3. The summed E-state index contributed by atoms with van der Waals surface area (Å²) in [6.45, 7) is 0. The second-order valence-corrected chi connectivity index (χ2v) is 5.86. The summed E-state index contributed by atoms with van der Waals surface area (Å²) in [6.07, 6.45) is 5.60. The first kappa shape index (κ1) is 11.9. The van der Waals surface area contributed by atoms with Gasteiger partial charge in [-0.3, -0.25) is 16.0 Å². The number of hydrogen-bond acceptors (Lipinski definition) is 4. The maximum Gasteiger partial charge on any atom is 0.0813 e. The van der Waals surface area contributed by atoms with Crippen LogP contribution in [0.15, 0.2) is 23.7 Å². The van der Waals surface area contributed by atoms with Crippen molar-refractivity contribution < 1.29 is 0 Å². The van der Waals surface area contributed by atoms with Gasteiger partial charge < -0.3 is 0 Å². The van der Waals surface area contributed by atoms with Crippen LogP contribution in [-0.2, 0) is 13.5 Å². The molecular formula is C13H18N4S. The highest BCUT2D eigenvalue weighted by molar-refractivity contribution is 7.10. The van der Waals surface area contributed by atoms with Crippen LogP contribution in [0.5, 0.6) is 0 Å². The Kier molecular flexibility index (Phi) is 3.20. The maximum absolute atomic E-state index is 5.77. The molecule has 0 spiro atoms. The van der Waals surface area contributed by atoms with Crippen molar-refractivity contribution in [2.45, 2.75) is 31.2 Å². The molecule has 2 unspecified atom stereocenters. The Hall–Kier alpha value is -1.17.